The van der Waals surface area contributed by atoms with Gasteiger partial charge in [-0.2, -0.15) is 0 Å². The van der Waals surface area contributed by atoms with Gasteiger partial charge in [0.15, 0.2) is 5.84 Å². The summed E-state index contributed by atoms with van der Waals surface area (Å²) in [4.78, 5) is 2.04. The summed E-state index contributed by atoms with van der Waals surface area (Å²) in [6.45, 7) is 1.46. The predicted molar refractivity (Wildman–Crippen MR) is 70.7 cm³/mol. The second-order valence-corrected chi connectivity index (χ2v) is 4.63. The fraction of sp³-hybridized carbons (Fsp3) is 0.364. The summed E-state index contributed by atoms with van der Waals surface area (Å²) in [6, 6.07) is 5.32. The molecule has 0 saturated heterocycles. The van der Waals surface area contributed by atoms with Crippen LogP contribution in [0.25, 0.3) is 0 Å². The highest BCUT2D eigenvalue weighted by atomic mass is 79.9. The van der Waals surface area contributed by atoms with Crippen LogP contribution in [-0.2, 0) is 0 Å². The Balaban J connectivity index is 2.69. The van der Waals surface area contributed by atoms with E-state index in [2.05, 4.69) is 21.1 Å². The lowest BCUT2D eigenvalue weighted by atomic mass is 10.2. The van der Waals surface area contributed by atoms with Crippen molar-refractivity contribution in [2.45, 2.75) is 0 Å². The third kappa shape index (κ3) is 4.24. The van der Waals surface area contributed by atoms with Gasteiger partial charge in [0.05, 0.1) is 0 Å². The van der Waals surface area contributed by atoms with Crippen molar-refractivity contribution in [2.24, 2.45) is 10.9 Å². The molecule has 0 aliphatic carbocycles. The summed E-state index contributed by atoms with van der Waals surface area (Å²) in [5.74, 6) is 0.810. The number of halogens is 1. The number of nitrogens with zero attached hydrogens (tertiary/aromatic N) is 2. The van der Waals surface area contributed by atoms with Crippen LogP contribution in [0, 0.1) is 0 Å². The van der Waals surface area contributed by atoms with E-state index in [1.807, 2.05) is 19.0 Å². The van der Waals surface area contributed by atoms with E-state index < -0.39 is 0 Å². The molecule has 1 aromatic rings. The standard InChI is InChI=1S/C11H16BrN3O2/c1-15(2)5-6-17-8-3-4-9(10(12)7-8)11(13)14-16/h3-4,7,16H,5-6H2,1-2H3,(H2,13,14). The average Bonchev–Trinajstić information content (AvgIpc) is 2.28. The van der Waals surface area contributed by atoms with Crippen LogP contribution in [0.2, 0.25) is 0 Å². The largest absolute Gasteiger partial charge is 0.492 e. The average molecular weight is 302 g/mol. The van der Waals surface area contributed by atoms with E-state index in [0.717, 1.165) is 16.8 Å². The van der Waals surface area contributed by atoms with E-state index in [9.17, 15) is 0 Å². The fourth-order valence-corrected chi connectivity index (χ4v) is 1.75. The zero-order valence-electron chi connectivity index (χ0n) is 9.85. The molecule has 0 aliphatic rings. The van der Waals surface area contributed by atoms with Crippen molar-refractivity contribution in [1.82, 2.24) is 4.90 Å². The second kappa shape index (κ2) is 6.46. The van der Waals surface area contributed by atoms with E-state index in [4.69, 9.17) is 15.7 Å². The van der Waals surface area contributed by atoms with Crippen molar-refractivity contribution in [2.75, 3.05) is 27.2 Å². The van der Waals surface area contributed by atoms with Gasteiger partial charge in [-0.3, -0.25) is 0 Å². The third-order valence-corrected chi connectivity index (χ3v) is 2.79. The smallest absolute Gasteiger partial charge is 0.171 e. The molecule has 0 fully saturated rings. The first-order valence-electron chi connectivity index (χ1n) is 5.09. The number of benzene rings is 1. The summed E-state index contributed by atoms with van der Waals surface area (Å²) in [6.07, 6.45) is 0. The van der Waals surface area contributed by atoms with Crippen LogP contribution < -0.4 is 10.5 Å². The quantitative estimate of drug-likeness (QED) is 0.374. The van der Waals surface area contributed by atoms with E-state index in [1.54, 1.807) is 18.2 Å². The van der Waals surface area contributed by atoms with Crippen LogP contribution in [0.4, 0.5) is 0 Å². The lowest BCUT2D eigenvalue weighted by molar-refractivity contribution is 0.261. The minimum Gasteiger partial charge on any atom is -0.492 e. The van der Waals surface area contributed by atoms with E-state index >= 15 is 0 Å². The Kier molecular flexibility index (Phi) is 5.24. The van der Waals surface area contributed by atoms with Gasteiger partial charge in [-0.15, -0.1) is 0 Å². The van der Waals surface area contributed by atoms with Gasteiger partial charge in [0.1, 0.15) is 12.4 Å². The number of rotatable bonds is 5. The van der Waals surface area contributed by atoms with Crippen LogP contribution in [0.1, 0.15) is 5.56 Å². The second-order valence-electron chi connectivity index (χ2n) is 3.78. The summed E-state index contributed by atoms with van der Waals surface area (Å²) < 4.78 is 6.28. The molecule has 0 amide bonds. The van der Waals surface area contributed by atoms with Crippen molar-refractivity contribution in [1.29, 1.82) is 0 Å². The molecule has 5 nitrogen and oxygen atoms in total. The first kappa shape index (κ1) is 13.8. The molecule has 6 heteroatoms. The zero-order chi connectivity index (χ0) is 12.8. The van der Waals surface area contributed by atoms with E-state index in [-0.39, 0.29) is 5.84 Å². The highest BCUT2D eigenvalue weighted by molar-refractivity contribution is 9.10. The molecule has 1 rings (SSSR count). The molecule has 0 atom stereocenters. The van der Waals surface area contributed by atoms with Crippen LogP contribution in [0.3, 0.4) is 0 Å². The monoisotopic (exact) mass is 301 g/mol. The van der Waals surface area contributed by atoms with Crippen LogP contribution in [-0.4, -0.2) is 43.2 Å². The van der Waals surface area contributed by atoms with Gasteiger partial charge in [-0.05, 0) is 48.2 Å². The minimum atomic E-state index is 0.0664. The van der Waals surface area contributed by atoms with Gasteiger partial charge in [0.25, 0.3) is 0 Å². The zero-order valence-corrected chi connectivity index (χ0v) is 11.4. The number of oxime groups is 1. The molecule has 0 saturated carbocycles. The molecule has 0 spiro atoms. The molecule has 0 unspecified atom stereocenters. The van der Waals surface area contributed by atoms with Gasteiger partial charge in [-0.25, -0.2) is 0 Å². The molecule has 94 valence electrons. The van der Waals surface area contributed by atoms with Crippen molar-refractivity contribution < 1.29 is 9.94 Å². The maximum Gasteiger partial charge on any atom is 0.171 e. The molecule has 0 aliphatic heterocycles. The van der Waals surface area contributed by atoms with Gasteiger partial charge in [0, 0.05) is 16.6 Å². The van der Waals surface area contributed by atoms with E-state index in [0.29, 0.717) is 12.2 Å². The molecular weight excluding hydrogens is 286 g/mol. The molecule has 1 aromatic carbocycles. The Bertz CT molecular complexity index is 408. The Morgan fingerprint density at radius 3 is 2.76 bits per heavy atom. The highest BCUT2D eigenvalue weighted by Crippen LogP contribution is 2.22. The Morgan fingerprint density at radius 1 is 1.53 bits per heavy atom. The van der Waals surface area contributed by atoms with Gasteiger partial charge >= 0.3 is 0 Å². The van der Waals surface area contributed by atoms with Crippen LogP contribution in [0.15, 0.2) is 27.8 Å². The molecule has 0 aromatic heterocycles. The summed E-state index contributed by atoms with van der Waals surface area (Å²) in [7, 11) is 3.97. The van der Waals surface area contributed by atoms with Gasteiger partial charge < -0.3 is 20.6 Å². The maximum atomic E-state index is 8.59. The molecular formula is C11H16BrN3O2. The number of amidine groups is 1. The lowest BCUT2D eigenvalue weighted by Gasteiger charge is -2.12. The van der Waals surface area contributed by atoms with Crippen molar-refractivity contribution in [3.63, 3.8) is 0 Å². The molecule has 0 radical (unpaired) electrons. The van der Waals surface area contributed by atoms with E-state index in [1.165, 1.54) is 0 Å². The highest BCUT2D eigenvalue weighted by Gasteiger charge is 2.06. The summed E-state index contributed by atoms with van der Waals surface area (Å²) in [5, 5.41) is 11.5. The fourth-order valence-electron chi connectivity index (χ4n) is 1.19. The van der Waals surface area contributed by atoms with Crippen molar-refractivity contribution >= 4 is 21.8 Å². The normalized spacial score (nSPS) is 11.9. The Labute approximate surface area is 109 Å². The lowest BCUT2D eigenvalue weighted by Crippen LogP contribution is -2.19. The number of ether oxygens (including phenoxy) is 1. The predicted octanol–water partition coefficient (Wildman–Crippen LogP) is 1.48. The Hall–Kier alpha value is -1.27. The molecule has 0 heterocycles. The van der Waals surface area contributed by atoms with Crippen molar-refractivity contribution in [3.05, 3.63) is 28.2 Å². The molecule has 3 N–H and O–H groups in total. The molecule has 0 bridgehead atoms. The SMILES string of the molecule is CN(C)CCOc1ccc(/C(N)=N/O)c(Br)c1. The summed E-state index contributed by atoms with van der Waals surface area (Å²) in [5.41, 5.74) is 6.14. The number of nitrogens with two attached hydrogens (primary N) is 1. The van der Waals surface area contributed by atoms with Crippen LogP contribution >= 0.6 is 15.9 Å². The van der Waals surface area contributed by atoms with Crippen LogP contribution in [0.5, 0.6) is 5.75 Å². The first-order chi connectivity index (χ1) is 8.04. The minimum absolute atomic E-state index is 0.0664. The number of likely N-dealkylation sites (N-methyl/N-ethyl adjacent to an activating group) is 1. The number of hydrogen-bond acceptors (Lipinski definition) is 4. The topological polar surface area (TPSA) is 71.1 Å². The first-order valence-corrected chi connectivity index (χ1v) is 5.89. The van der Waals surface area contributed by atoms with Gasteiger partial charge in [-0.1, -0.05) is 5.16 Å². The number of hydrogen-bond donors (Lipinski definition) is 2. The van der Waals surface area contributed by atoms with Crippen molar-refractivity contribution in [3.8, 4) is 5.75 Å². The summed E-state index contributed by atoms with van der Waals surface area (Å²) >= 11 is 3.35. The third-order valence-electron chi connectivity index (χ3n) is 2.13. The van der Waals surface area contributed by atoms with Gasteiger partial charge in [0.2, 0.25) is 0 Å². The Morgan fingerprint density at radius 2 is 2.24 bits per heavy atom. The maximum absolute atomic E-state index is 8.59. The molecule has 17 heavy (non-hydrogen) atoms.